The van der Waals surface area contributed by atoms with Crippen molar-refractivity contribution in [1.29, 1.82) is 0 Å². The van der Waals surface area contributed by atoms with Crippen LogP contribution in [-0.4, -0.2) is 172 Å². The van der Waals surface area contributed by atoms with Crippen molar-refractivity contribution in [3.8, 4) is 97.4 Å². The highest BCUT2D eigenvalue weighted by atomic mass is 16.8. The number of carbonyl (C=O) groups is 7. The van der Waals surface area contributed by atoms with E-state index in [1.165, 1.54) is 0 Å². The minimum atomic E-state index is -4.04. The largest absolute Gasteiger partial charge is 0.504 e. The molecule has 1 aliphatic carbocycles. The third-order valence-corrected chi connectivity index (χ3v) is 13.0. The van der Waals surface area contributed by atoms with Crippen molar-refractivity contribution in [2.45, 2.75) is 48.2 Å². The van der Waals surface area contributed by atoms with E-state index in [9.17, 15) is 115 Å². The van der Waals surface area contributed by atoms with Crippen LogP contribution in [0.3, 0.4) is 0 Å². The first-order valence-corrected chi connectivity index (χ1v) is 22.0. The van der Waals surface area contributed by atoms with Gasteiger partial charge < -0.3 is 120 Å². The van der Waals surface area contributed by atoms with Crippen molar-refractivity contribution < 1.29 is 153 Å². The standard InChI is InChI=1S/C48H32O31/c49-16-1-10(2-17(50)29(16)56)40(63)73-22-4-11(3-18(51)30(22)57)41(64)78-46-39-38-36(75-45(68)15-8-24(55)48(71)47(69,70)28(15)27-14(44(67)77-39)7-21(54)33(60)37(27)79-48)23(74-46)9-72-42(65)12-5-19(52)31(58)34(61)25(12)26-13(43(66)76-38)6-20(53)32(59)35(26)62/h1-8,23,28,36,38-39,46,49-54,56-62,69-71H,9H2. The van der Waals surface area contributed by atoms with Gasteiger partial charge >= 0.3 is 41.6 Å². The van der Waals surface area contributed by atoms with Gasteiger partial charge in [-0.15, -0.1) is 0 Å². The molecular weight excluding hydrogens is 1070 g/mol. The van der Waals surface area contributed by atoms with Crippen LogP contribution in [0.25, 0.3) is 11.1 Å². The average Bonchev–Trinajstić information content (AvgIpc) is 3.00. The topological polar surface area (TPSA) is 517 Å². The van der Waals surface area contributed by atoms with Gasteiger partial charge in [-0.05, 0) is 48.5 Å². The summed E-state index contributed by atoms with van der Waals surface area (Å²) in [5.41, 5.74) is -9.70. The van der Waals surface area contributed by atoms with E-state index in [1.807, 2.05) is 0 Å². The molecule has 6 bridgehead atoms. The molecular formula is C48H32O31. The molecule has 5 aromatic rings. The highest BCUT2D eigenvalue weighted by molar-refractivity contribution is 6.10. The number of hydrogen-bond acceptors (Lipinski definition) is 31. The molecule has 7 atom stereocenters. The van der Waals surface area contributed by atoms with Gasteiger partial charge in [0.2, 0.25) is 41.2 Å². The monoisotopic (exact) mass is 1100 g/mol. The van der Waals surface area contributed by atoms with Crippen LogP contribution in [0.2, 0.25) is 0 Å². The number of rotatable bonds is 4. The van der Waals surface area contributed by atoms with Gasteiger partial charge in [-0.2, -0.15) is 0 Å². The normalized spacial score (nSPS) is 23.6. The van der Waals surface area contributed by atoms with Crippen molar-refractivity contribution in [3.05, 3.63) is 87.5 Å². The lowest BCUT2D eigenvalue weighted by Gasteiger charge is -2.49. The Bertz CT molecular complexity index is 3650. The Balaban J connectivity index is 1.16. The van der Waals surface area contributed by atoms with Crippen LogP contribution in [0.15, 0.2) is 54.1 Å². The summed E-state index contributed by atoms with van der Waals surface area (Å²) >= 11 is 0. The Morgan fingerprint density at radius 3 is 1.62 bits per heavy atom. The number of fused-ring (bicyclic) bond motifs is 4. The van der Waals surface area contributed by atoms with Gasteiger partial charge in [0.05, 0.1) is 39.3 Å². The van der Waals surface area contributed by atoms with Crippen molar-refractivity contribution >= 4 is 41.6 Å². The number of cyclic esters (lactones) is 1. The number of phenolic OH excluding ortho intramolecular Hbond substituents is 13. The third-order valence-electron chi connectivity index (χ3n) is 13.0. The number of esters is 6. The first kappa shape index (κ1) is 51.8. The SMILES string of the molecule is O=C1OC2C3COC(=O)c4cc(O)c(O)c(O)c4-c4c(cc(O)c(O)c4O)C(=O)OC2C(OC(=O)c2cc(O)c(O)c4c2C2C1=CC(=O)C(O)(O4)C2(O)O)C(OC(=O)c1cc(O)c(O)c(OC(=O)c2cc(O)c(O)c(O)c2)c1)O3. The number of aromatic hydroxyl groups is 13. The molecule has 5 aliphatic rings. The number of phenols is 13. The molecule has 31 nitrogen and oxygen atoms in total. The highest BCUT2D eigenvalue weighted by Crippen LogP contribution is 2.59. The van der Waals surface area contributed by atoms with E-state index in [1.54, 1.807) is 0 Å². The number of aliphatic hydroxyl groups is 3. The molecule has 79 heavy (non-hydrogen) atoms. The zero-order valence-corrected chi connectivity index (χ0v) is 38.6. The lowest BCUT2D eigenvalue weighted by molar-refractivity contribution is -0.339. The van der Waals surface area contributed by atoms with E-state index in [0.717, 1.165) is 0 Å². The van der Waals surface area contributed by atoms with Crippen LogP contribution in [0.1, 0.15) is 63.3 Å². The summed E-state index contributed by atoms with van der Waals surface area (Å²) < 4.78 is 44.3. The van der Waals surface area contributed by atoms with Gasteiger partial charge in [0.25, 0.3) is 5.79 Å². The molecule has 16 N–H and O–H groups in total. The van der Waals surface area contributed by atoms with Crippen LogP contribution in [0, 0.1) is 0 Å². The second-order valence-corrected chi connectivity index (χ2v) is 17.7. The molecule has 7 unspecified atom stereocenters. The first-order chi connectivity index (χ1) is 37.1. The van der Waals surface area contributed by atoms with Crippen molar-refractivity contribution in [3.63, 3.8) is 0 Å². The van der Waals surface area contributed by atoms with E-state index in [-0.39, 0.29) is 6.08 Å². The van der Waals surface area contributed by atoms with E-state index in [2.05, 4.69) is 0 Å². The second-order valence-electron chi connectivity index (χ2n) is 17.7. The molecule has 0 spiro atoms. The molecule has 10 rings (SSSR count). The quantitative estimate of drug-likeness (QED) is 0.0356. The summed E-state index contributed by atoms with van der Waals surface area (Å²) in [5.74, 6) is -42.4. The molecule has 0 amide bonds. The van der Waals surface area contributed by atoms with Crippen LogP contribution < -0.4 is 9.47 Å². The van der Waals surface area contributed by atoms with Crippen LogP contribution in [-0.2, 0) is 38.0 Å². The minimum Gasteiger partial charge on any atom is -0.504 e. The molecule has 1 fully saturated rings. The zero-order chi connectivity index (χ0) is 57.4. The lowest BCUT2D eigenvalue weighted by Crippen LogP contribution is -2.70. The minimum absolute atomic E-state index is 0.230. The summed E-state index contributed by atoms with van der Waals surface area (Å²) in [5, 5.41) is 172. The van der Waals surface area contributed by atoms with E-state index in [4.69, 9.17) is 37.9 Å². The summed E-state index contributed by atoms with van der Waals surface area (Å²) in [6.45, 7) is -1.39. The van der Waals surface area contributed by atoms with E-state index in [0.29, 0.717) is 42.5 Å². The van der Waals surface area contributed by atoms with E-state index >= 15 is 0 Å². The van der Waals surface area contributed by atoms with Crippen LogP contribution in [0.5, 0.6) is 86.2 Å². The Labute approximate surface area is 433 Å². The molecule has 4 heterocycles. The van der Waals surface area contributed by atoms with Gasteiger partial charge in [-0.1, -0.05) is 0 Å². The van der Waals surface area contributed by atoms with Crippen LogP contribution >= 0.6 is 0 Å². The average molecular weight is 1100 g/mol. The predicted molar refractivity (Wildman–Crippen MR) is 239 cm³/mol. The molecule has 410 valence electrons. The summed E-state index contributed by atoms with van der Waals surface area (Å²) in [6, 6.07) is 3.28. The molecule has 0 radical (unpaired) electrons. The molecule has 4 aliphatic heterocycles. The summed E-state index contributed by atoms with van der Waals surface area (Å²) in [7, 11) is 0. The van der Waals surface area contributed by atoms with Gasteiger partial charge in [-0.25, -0.2) is 28.8 Å². The smallest absolute Gasteiger partial charge is 0.343 e. The second kappa shape index (κ2) is 17.7. The first-order valence-electron chi connectivity index (χ1n) is 22.0. The van der Waals surface area contributed by atoms with Gasteiger partial charge in [0, 0.05) is 16.7 Å². The Morgan fingerprint density at radius 2 is 1.01 bits per heavy atom. The zero-order valence-electron chi connectivity index (χ0n) is 38.6. The number of carbonyl (C=O) groups excluding carboxylic acids is 7. The Kier molecular flexibility index (Phi) is 11.6. The maximum Gasteiger partial charge on any atom is 0.343 e. The maximum atomic E-state index is 14.8. The molecule has 0 saturated carbocycles. The van der Waals surface area contributed by atoms with E-state index < -0.39 is 233 Å². The Morgan fingerprint density at radius 1 is 0.519 bits per heavy atom. The molecule has 5 aromatic carbocycles. The van der Waals surface area contributed by atoms with Gasteiger partial charge in [-0.3, -0.25) is 4.79 Å². The number of benzene rings is 5. The number of ketones is 1. The Hall–Kier alpha value is -10.6. The molecule has 1 saturated heterocycles. The fourth-order valence-electron chi connectivity index (χ4n) is 9.20. The maximum absolute atomic E-state index is 14.8. The van der Waals surface area contributed by atoms with Crippen LogP contribution in [0.4, 0.5) is 0 Å². The number of hydrogen-bond donors (Lipinski definition) is 16. The number of ether oxygens (including phenoxy) is 8. The fourth-order valence-corrected chi connectivity index (χ4v) is 9.20. The third kappa shape index (κ3) is 7.78. The highest BCUT2D eigenvalue weighted by Gasteiger charge is 2.70. The molecule has 31 heteroatoms. The fraction of sp³-hybridized carbons (Fsp3) is 0.188. The van der Waals surface area contributed by atoms with Crippen molar-refractivity contribution in [2.75, 3.05) is 6.61 Å². The van der Waals surface area contributed by atoms with Crippen molar-refractivity contribution in [1.82, 2.24) is 0 Å². The van der Waals surface area contributed by atoms with Gasteiger partial charge in [0.15, 0.2) is 75.5 Å². The molecule has 0 aromatic heterocycles. The lowest BCUT2D eigenvalue weighted by atomic mass is 9.70. The predicted octanol–water partition coefficient (Wildman–Crippen LogP) is -0.471. The van der Waals surface area contributed by atoms with Crippen molar-refractivity contribution in [2.24, 2.45) is 0 Å². The summed E-state index contributed by atoms with van der Waals surface area (Å²) in [4.78, 5) is 99.3. The van der Waals surface area contributed by atoms with Gasteiger partial charge in [0.1, 0.15) is 12.7 Å². The summed E-state index contributed by atoms with van der Waals surface area (Å²) in [6.07, 6.45) is -12.7.